The van der Waals surface area contributed by atoms with Gasteiger partial charge in [0, 0.05) is 18.2 Å². The summed E-state index contributed by atoms with van der Waals surface area (Å²) in [5.41, 5.74) is 0.792. The Morgan fingerprint density at radius 2 is 1.68 bits per heavy atom. The molecule has 4 rings (SSSR count). The van der Waals surface area contributed by atoms with Gasteiger partial charge in [-0.05, 0) is 35.4 Å². The molecule has 0 spiro atoms. The number of rotatable bonds is 10. The lowest BCUT2D eigenvalue weighted by Gasteiger charge is -2.53. The van der Waals surface area contributed by atoms with Gasteiger partial charge < -0.3 is 23.8 Å². The Morgan fingerprint density at radius 3 is 2.32 bits per heavy atom. The van der Waals surface area contributed by atoms with Gasteiger partial charge in [0.15, 0.2) is 5.41 Å². The fourth-order valence-electron chi connectivity index (χ4n) is 4.66. The average Bonchev–Trinajstić information content (AvgIpc) is 2.97. The zero-order valence-corrected chi connectivity index (χ0v) is 21.5. The molecule has 2 atom stereocenters. The lowest BCUT2D eigenvalue weighted by atomic mass is 9.67. The molecule has 1 saturated heterocycles. The lowest BCUT2D eigenvalue weighted by Crippen LogP contribution is -2.65. The SMILES string of the molecule is C#CCOc1cc(OC)ccc1/C=C/[C@@]1(C(=O)OC)C(=O)N(Cc2ccc(OC)cc2)[C@@H]1c1ccccc1. The molecule has 3 aromatic rings. The number of carbonyl (C=O) groups is 2. The molecule has 7 heteroatoms. The molecule has 7 nitrogen and oxygen atoms in total. The summed E-state index contributed by atoms with van der Waals surface area (Å²) >= 11 is 0. The highest BCUT2D eigenvalue weighted by molar-refractivity contribution is 6.11. The molecule has 38 heavy (non-hydrogen) atoms. The van der Waals surface area contributed by atoms with Crippen molar-refractivity contribution in [3.05, 3.63) is 95.6 Å². The highest BCUT2D eigenvalue weighted by Crippen LogP contribution is 2.53. The van der Waals surface area contributed by atoms with Crippen LogP contribution in [0.2, 0.25) is 0 Å². The molecule has 194 valence electrons. The van der Waals surface area contributed by atoms with Gasteiger partial charge in [0.25, 0.3) is 0 Å². The van der Waals surface area contributed by atoms with E-state index < -0.39 is 17.4 Å². The highest BCUT2D eigenvalue weighted by atomic mass is 16.5. The number of likely N-dealkylation sites (tertiary alicyclic amines) is 1. The molecule has 0 radical (unpaired) electrons. The van der Waals surface area contributed by atoms with Gasteiger partial charge in [-0.25, -0.2) is 0 Å². The summed E-state index contributed by atoms with van der Waals surface area (Å²) in [4.78, 5) is 28.9. The molecule has 0 bridgehead atoms. The van der Waals surface area contributed by atoms with Gasteiger partial charge in [0.2, 0.25) is 5.91 Å². The van der Waals surface area contributed by atoms with Crippen LogP contribution in [-0.4, -0.2) is 44.7 Å². The van der Waals surface area contributed by atoms with Crippen molar-refractivity contribution in [2.75, 3.05) is 27.9 Å². The van der Waals surface area contributed by atoms with Gasteiger partial charge in [0.05, 0.1) is 27.4 Å². The first kappa shape index (κ1) is 26.4. The number of methoxy groups -OCH3 is 3. The summed E-state index contributed by atoms with van der Waals surface area (Å²) in [6, 6.07) is 21.6. The molecule has 1 aliphatic rings. The number of carbonyl (C=O) groups excluding carboxylic acids is 2. The molecular weight excluding hydrogens is 482 g/mol. The van der Waals surface area contributed by atoms with Gasteiger partial charge in [-0.1, -0.05) is 60.5 Å². The van der Waals surface area contributed by atoms with E-state index in [0.717, 1.165) is 16.9 Å². The summed E-state index contributed by atoms with van der Waals surface area (Å²) < 4.78 is 21.4. The number of amides is 1. The molecule has 1 heterocycles. The van der Waals surface area contributed by atoms with Crippen LogP contribution in [0.5, 0.6) is 17.2 Å². The summed E-state index contributed by atoms with van der Waals surface area (Å²) in [6.07, 6.45) is 8.68. The monoisotopic (exact) mass is 511 g/mol. The van der Waals surface area contributed by atoms with Crippen LogP contribution in [0.15, 0.2) is 78.9 Å². The van der Waals surface area contributed by atoms with Crippen LogP contribution in [0.25, 0.3) is 6.08 Å². The number of nitrogens with zero attached hydrogens (tertiary/aromatic N) is 1. The van der Waals surface area contributed by atoms with E-state index in [2.05, 4.69) is 5.92 Å². The van der Waals surface area contributed by atoms with Crippen LogP contribution < -0.4 is 14.2 Å². The Balaban J connectivity index is 1.76. The topological polar surface area (TPSA) is 74.3 Å². The third-order valence-corrected chi connectivity index (χ3v) is 6.57. The first-order valence-corrected chi connectivity index (χ1v) is 12.0. The smallest absolute Gasteiger partial charge is 0.327 e. The number of ether oxygens (including phenoxy) is 4. The molecular formula is C31H29NO6. The maximum Gasteiger partial charge on any atom is 0.327 e. The minimum atomic E-state index is -1.56. The number of β-lactam (4-membered cyclic amide) rings is 1. The molecule has 1 amide bonds. The Labute approximate surface area is 222 Å². The fourth-order valence-corrected chi connectivity index (χ4v) is 4.66. The molecule has 1 aliphatic heterocycles. The Hall–Kier alpha value is -4.70. The van der Waals surface area contributed by atoms with Crippen LogP contribution in [0.1, 0.15) is 22.7 Å². The molecule has 0 N–H and O–H groups in total. The van der Waals surface area contributed by atoms with E-state index in [1.807, 2.05) is 54.6 Å². The van der Waals surface area contributed by atoms with E-state index in [-0.39, 0.29) is 12.5 Å². The number of hydrogen-bond acceptors (Lipinski definition) is 6. The Kier molecular flexibility index (Phi) is 8.03. The van der Waals surface area contributed by atoms with Gasteiger partial charge in [-0.15, -0.1) is 6.42 Å². The quantitative estimate of drug-likeness (QED) is 0.170. The number of esters is 1. The van der Waals surface area contributed by atoms with Crippen molar-refractivity contribution in [2.45, 2.75) is 12.6 Å². The highest BCUT2D eigenvalue weighted by Gasteiger charge is 2.65. The van der Waals surface area contributed by atoms with Crippen molar-refractivity contribution < 1.29 is 28.5 Å². The molecule has 0 aliphatic carbocycles. The standard InChI is InChI=1S/C31H29NO6/c1-5-19-38-27-20-26(36-3)16-13-23(27)17-18-31(30(34)37-4)28(24-9-7-6-8-10-24)32(29(31)33)21-22-11-14-25(35-2)15-12-22/h1,6-18,20,28H,19,21H2,2-4H3/b18-17+/t28-,31+/m1/s1. The minimum Gasteiger partial charge on any atom is -0.497 e. The number of benzene rings is 3. The van der Waals surface area contributed by atoms with Crippen LogP contribution in [0, 0.1) is 17.8 Å². The Bertz CT molecular complexity index is 1360. The fraction of sp³-hybridized carbons (Fsp3) is 0.226. The van der Waals surface area contributed by atoms with E-state index in [0.29, 0.717) is 23.6 Å². The largest absolute Gasteiger partial charge is 0.497 e. The van der Waals surface area contributed by atoms with Crippen LogP contribution >= 0.6 is 0 Å². The van der Waals surface area contributed by atoms with Crippen molar-refractivity contribution >= 4 is 18.0 Å². The minimum absolute atomic E-state index is 0.0529. The third-order valence-electron chi connectivity index (χ3n) is 6.57. The van der Waals surface area contributed by atoms with Crippen molar-refractivity contribution in [2.24, 2.45) is 5.41 Å². The normalized spacial score (nSPS) is 18.4. The molecule has 0 saturated carbocycles. The summed E-state index contributed by atoms with van der Waals surface area (Å²) in [6.45, 7) is 0.366. The van der Waals surface area contributed by atoms with Crippen LogP contribution in [-0.2, 0) is 20.9 Å². The van der Waals surface area contributed by atoms with Gasteiger partial charge in [-0.3, -0.25) is 9.59 Å². The van der Waals surface area contributed by atoms with Gasteiger partial charge >= 0.3 is 5.97 Å². The summed E-state index contributed by atoms with van der Waals surface area (Å²) in [5, 5.41) is 0. The van der Waals surface area contributed by atoms with E-state index in [1.54, 1.807) is 49.5 Å². The number of terminal acetylenes is 1. The maximum atomic E-state index is 13.8. The molecule has 3 aromatic carbocycles. The molecule has 0 unspecified atom stereocenters. The molecule has 1 fully saturated rings. The van der Waals surface area contributed by atoms with E-state index in [9.17, 15) is 9.59 Å². The van der Waals surface area contributed by atoms with Crippen LogP contribution in [0.3, 0.4) is 0 Å². The van der Waals surface area contributed by atoms with E-state index in [4.69, 9.17) is 25.4 Å². The second-order valence-electron chi connectivity index (χ2n) is 8.68. The third kappa shape index (κ3) is 4.94. The van der Waals surface area contributed by atoms with Gasteiger partial charge in [-0.2, -0.15) is 0 Å². The predicted octanol–water partition coefficient (Wildman–Crippen LogP) is 4.67. The van der Waals surface area contributed by atoms with Crippen molar-refractivity contribution in [3.63, 3.8) is 0 Å². The van der Waals surface area contributed by atoms with Crippen molar-refractivity contribution in [1.29, 1.82) is 0 Å². The van der Waals surface area contributed by atoms with Crippen molar-refractivity contribution in [3.8, 4) is 29.6 Å². The second-order valence-corrected chi connectivity index (χ2v) is 8.68. The zero-order chi connectivity index (χ0) is 27.1. The van der Waals surface area contributed by atoms with Crippen LogP contribution in [0.4, 0.5) is 0 Å². The zero-order valence-electron chi connectivity index (χ0n) is 21.5. The predicted molar refractivity (Wildman–Crippen MR) is 144 cm³/mol. The number of hydrogen-bond donors (Lipinski definition) is 0. The van der Waals surface area contributed by atoms with Gasteiger partial charge in [0.1, 0.15) is 23.9 Å². The first-order valence-electron chi connectivity index (χ1n) is 12.0. The first-order chi connectivity index (χ1) is 18.5. The lowest BCUT2D eigenvalue weighted by molar-refractivity contribution is -0.184. The van der Waals surface area contributed by atoms with E-state index >= 15 is 0 Å². The average molecular weight is 512 g/mol. The maximum absolute atomic E-state index is 13.8. The van der Waals surface area contributed by atoms with Crippen molar-refractivity contribution in [1.82, 2.24) is 4.90 Å². The van der Waals surface area contributed by atoms with E-state index in [1.165, 1.54) is 7.11 Å². The summed E-state index contributed by atoms with van der Waals surface area (Å²) in [7, 11) is 4.44. The second kappa shape index (κ2) is 11.6. The molecule has 0 aromatic heterocycles. The summed E-state index contributed by atoms with van der Waals surface area (Å²) in [5.74, 6) is 3.22. The Morgan fingerprint density at radius 1 is 1.00 bits per heavy atom.